The lowest BCUT2D eigenvalue weighted by Crippen LogP contribution is -2.18. The number of carbonyl (C=O) groups is 1. The van der Waals surface area contributed by atoms with Crippen LogP contribution in [0.5, 0.6) is 0 Å². The standard InChI is InChI=1S/C23H23ClN6OS/c1-3-29-22(18-6-4-5-16(2)13-18)27-28-23(29)32-15-21(31)26-20-11-12-25-30(20)14-17-7-9-19(24)10-8-17/h4-13H,3,14-15H2,1-2H3,(H,26,31). The van der Waals surface area contributed by atoms with E-state index in [1.165, 1.54) is 11.8 Å². The fraction of sp³-hybridized carbons (Fsp3) is 0.217. The van der Waals surface area contributed by atoms with Crippen molar-refractivity contribution in [2.24, 2.45) is 0 Å². The number of anilines is 1. The number of carbonyl (C=O) groups excluding carboxylic acids is 1. The zero-order valence-corrected chi connectivity index (χ0v) is 19.4. The van der Waals surface area contributed by atoms with Crippen LogP contribution in [0.4, 0.5) is 5.82 Å². The van der Waals surface area contributed by atoms with Crippen LogP contribution >= 0.6 is 23.4 Å². The molecule has 0 radical (unpaired) electrons. The van der Waals surface area contributed by atoms with Crippen LogP contribution in [0.1, 0.15) is 18.1 Å². The first-order valence-electron chi connectivity index (χ1n) is 10.2. The highest BCUT2D eigenvalue weighted by Gasteiger charge is 2.15. The molecule has 1 N–H and O–H groups in total. The van der Waals surface area contributed by atoms with Gasteiger partial charge in [-0.1, -0.05) is 59.3 Å². The van der Waals surface area contributed by atoms with Gasteiger partial charge >= 0.3 is 0 Å². The summed E-state index contributed by atoms with van der Waals surface area (Å²) < 4.78 is 3.77. The average Bonchev–Trinajstić information content (AvgIpc) is 3.40. The van der Waals surface area contributed by atoms with Gasteiger partial charge in [-0.2, -0.15) is 5.10 Å². The molecule has 0 aliphatic heterocycles. The Morgan fingerprint density at radius 3 is 2.69 bits per heavy atom. The van der Waals surface area contributed by atoms with E-state index in [2.05, 4.69) is 26.7 Å². The molecule has 0 bridgehead atoms. The van der Waals surface area contributed by atoms with Gasteiger partial charge in [-0.05, 0) is 37.6 Å². The van der Waals surface area contributed by atoms with Crippen LogP contribution in [0.25, 0.3) is 11.4 Å². The van der Waals surface area contributed by atoms with Gasteiger partial charge < -0.3 is 9.88 Å². The molecule has 4 rings (SSSR count). The molecule has 0 saturated heterocycles. The molecule has 2 aromatic heterocycles. The van der Waals surface area contributed by atoms with Crippen LogP contribution in [-0.4, -0.2) is 36.2 Å². The van der Waals surface area contributed by atoms with Crippen LogP contribution in [0.2, 0.25) is 5.02 Å². The number of benzene rings is 2. The monoisotopic (exact) mass is 466 g/mol. The Balaban J connectivity index is 1.40. The van der Waals surface area contributed by atoms with Crippen molar-refractivity contribution >= 4 is 35.1 Å². The summed E-state index contributed by atoms with van der Waals surface area (Å²) in [6.45, 7) is 5.35. The second kappa shape index (κ2) is 10.0. The third-order valence-electron chi connectivity index (χ3n) is 4.87. The quantitative estimate of drug-likeness (QED) is 0.373. The molecule has 9 heteroatoms. The summed E-state index contributed by atoms with van der Waals surface area (Å²) in [4.78, 5) is 12.6. The number of thioether (sulfide) groups is 1. The molecule has 2 aromatic carbocycles. The number of hydrogen-bond donors (Lipinski definition) is 1. The van der Waals surface area contributed by atoms with Gasteiger partial charge in [0, 0.05) is 23.2 Å². The zero-order chi connectivity index (χ0) is 22.5. The maximum atomic E-state index is 12.6. The normalized spacial score (nSPS) is 11.0. The van der Waals surface area contributed by atoms with Crippen molar-refractivity contribution in [3.8, 4) is 11.4 Å². The Morgan fingerprint density at radius 1 is 1.12 bits per heavy atom. The lowest BCUT2D eigenvalue weighted by atomic mass is 10.1. The van der Waals surface area contributed by atoms with E-state index in [-0.39, 0.29) is 11.7 Å². The maximum absolute atomic E-state index is 12.6. The highest BCUT2D eigenvalue weighted by Crippen LogP contribution is 2.25. The van der Waals surface area contributed by atoms with Gasteiger partial charge in [-0.15, -0.1) is 10.2 Å². The largest absolute Gasteiger partial charge is 0.310 e. The molecule has 32 heavy (non-hydrogen) atoms. The van der Waals surface area contributed by atoms with Crippen LogP contribution in [0, 0.1) is 6.92 Å². The molecule has 0 aliphatic rings. The van der Waals surface area contributed by atoms with Crippen LogP contribution < -0.4 is 5.32 Å². The van der Waals surface area contributed by atoms with Gasteiger partial charge in [0.25, 0.3) is 0 Å². The van der Waals surface area contributed by atoms with E-state index in [0.29, 0.717) is 29.1 Å². The topological polar surface area (TPSA) is 77.6 Å². The Morgan fingerprint density at radius 2 is 1.94 bits per heavy atom. The average molecular weight is 467 g/mol. The smallest absolute Gasteiger partial charge is 0.235 e. The number of rotatable bonds is 8. The molecule has 7 nitrogen and oxygen atoms in total. The lowest BCUT2D eigenvalue weighted by Gasteiger charge is -2.10. The van der Waals surface area contributed by atoms with E-state index < -0.39 is 0 Å². The number of aromatic nitrogens is 5. The van der Waals surface area contributed by atoms with E-state index in [4.69, 9.17) is 11.6 Å². The molecule has 1 amide bonds. The third kappa shape index (κ3) is 5.20. The lowest BCUT2D eigenvalue weighted by molar-refractivity contribution is -0.113. The fourth-order valence-corrected chi connectivity index (χ4v) is 4.24. The van der Waals surface area contributed by atoms with E-state index in [1.54, 1.807) is 16.9 Å². The minimum Gasteiger partial charge on any atom is -0.310 e. The molecular formula is C23H23ClN6OS. The predicted molar refractivity (Wildman–Crippen MR) is 128 cm³/mol. The van der Waals surface area contributed by atoms with Gasteiger partial charge in [-0.25, -0.2) is 4.68 Å². The first kappa shape index (κ1) is 22.1. The van der Waals surface area contributed by atoms with Gasteiger partial charge in [0.2, 0.25) is 5.91 Å². The minimum absolute atomic E-state index is 0.129. The maximum Gasteiger partial charge on any atom is 0.235 e. The summed E-state index contributed by atoms with van der Waals surface area (Å²) in [6.07, 6.45) is 1.67. The summed E-state index contributed by atoms with van der Waals surface area (Å²) in [6, 6.07) is 17.5. The van der Waals surface area contributed by atoms with Crippen molar-refractivity contribution < 1.29 is 4.79 Å². The van der Waals surface area contributed by atoms with Crippen molar-refractivity contribution in [1.82, 2.24) is 24.5 Å². The van der Waals surface area contributed by atoms with E-state index in [0.717, 1.165) is 22.5 Å². The second-order valence-electron chi connectivity index (χ2n) is 7.26. The van der Waals surface area contributed by atoms with Crippen molar-refractivity contribution in [2.75, 3.05) is 11.1 Å². The van der Waals surface area contributed by atoms with Crippen LogP contribution in [-0.2, 0) is 17.9 Å². The highest BCUT2D eigenvalue weighted by atomic mass is 35.5. The van der Waals surface area contributed by atoms with Crippen molar-refractivity contribution in [1.29, 1.82) is 0 Å². The van der Waals surface area contributed by atoms with Crippen molar-refractivity contribution in [2.45, 2.75) is 32.1 Å². The van der Waals surface area contributed by atoms with Gasteiger partial charge in [-0.3, -0.25) is 4.79 Å². The number of nitrogens with zero attached hydrogens (tertiary/aromatic N) is 5. The summed E-state index contributed by atoms with van der Waals surface area (Å²) >= 11 is 7.32. The molecule has 0 aliphatic carbocycles. The molecule has 2 heterocycles. The number of halogens is 1. The summed E-state index contributed by atoms with van der Waals surface area (Å²) in [5, 5.41) is 17.3. The SMILES string of the molecule is CCn1c(SCC(=O)Nc2ccnn2Cc2ccc(Cl)cc2)nnc1-c1cccc(C)c1. The van der Waals surface area contributed by atoms with Crippen molar-refractivity contribution in [3.63, 3.8) is 0 Å². The fourth-order valence-electron chi connectivity index (χ4n) is 3.31. The minimum atomic E-state index is -0.129. The Hall–Kier alpha value is -3.10. The number of nitrogens with one attached hydrogen (secondary N) is 1. The highest BCUT2D eigenvalue weighted by molar-refractivity contribution is 7.99. The Kier molecular flexibility index (Phi) is 6.92. The molecule has 0 spiro atoms. The molecule has 0 unspecified atom stereocenters. The van der Waals surface area contributed by atoms with E-state index in [9.17, 15) is 4.79 Å². The van der Waals surface area contributed by atoms with Gasteiger partial charge in [0.15, 0.2) is 11.0 Å². The zero-order valence-electron chi connectivity index (χ0n) is 17.8. The second-order valence-corrected chi connectivity index (χ2v) is 8.64. The molecule has 0 fully saturated rings. The summed E-state index contributed by atoms with van der Waals surface area (Å²) in [7, 11) is 0. The number of amides is 1. The summed E-state index contributed by atoms with van der Waals surface area (Å²) in [5.41, 5.74) is 3.22. The first-order valence-corrected chi connectivity index (χ1v) is 11.6. The van der Waals surface area contributed by atoms with E-state index >= 15 is 0 Å². The Bertz CT molecular complexity index is 1220. The summed E-state index contributed by atoms with van der Waals surface area (Å²) in [5.74, 6) is 1.54. The third-order valence-corrected chi connectivity index (χ3v) is 6.09. The first-order chi connectivity index (χ1) is 15.5. The Labute approximate surface area is 195 Å². The van der Waals surface area contributed by atoms with Gasteiger partial charge in [0.05, 0.1) is 18.5 Å². The molecule has 4 aromatic rings. The molecule has 0 saturated carbocycles. The van der Waals surface area contributed by atoms with Crippen LogP contribution in [0.3, 0.4) is 0 Å². The molecule has 0 atom stereocenters. The van der Waals surface area contributed by atoms with Crippen molar-refractivity contribution in [3.05, 3.63) is 76.9 Å². The number of aryl methyl sites for hydroxylation is 1. The van der Waals surface area contributed by atoms with E-state index in [1.807, 2.05) is 60.9 Å². The number of hydrogen-bond acceptors (Lipinski definition) is 5. The predicted octanol–water partition coefficient (Wildman–Crippen LogP) is 4.90. The molecule has 164 valence electrons. The molecular weight excluding hydrogens is 444 g/mol. The van der Waals surface area contributed by atoms with Crippen LogP contribution in [0.15, 0.2) is 66.0 Å². The van der Waals surface area contributed by atoms with Gasteiger partial charge in [0.1, 0.15) is 5.82 Å².